The number of benzene rings is 1. The molecule has 1 atom stereocenters. The van der Waals surface area contributed by atoms with E-state index in [4.69, 9.17) is 10.8 Å². The van der Waals surface area contributed by atoms with Crippen LogP contribution in [0.2, 0.25) is 0 Å². The fourth-order valence-corrected chi connectivity index (χ4v) is 1.57. The second kappa shape index (κ2) is 5.27. The zero-order chi connectivity index (χ0) is 12.3. The van der Waals surface area contributed by atoms with Gasteiger partial charge in [0, 0.05) is 11.0 Å². The largest absolute Gasteiger partial charge is 0.396 e. The summed E-state index contributed by atoms with van der Waals surface area (Å²) in [4.78, 5) is 11.6. The Morgan fingerprint density at radius 1 is 1.69 bits per heavy atom. The Balaban J connectivity index is 2.87. The highest BCUT2D eigenvalue weighted by Gasteiger charge is 2.13. The van der Waals surface area contributed by atoms with Gasteiger partial charge < -0.3 is 16.2 Å². The minimum Gasteiger partial charge on any atom is -0.396 e. The maximum atomic E-state index is 13.0. The summed E-state index contributed by atoms with van der Waals surface area (Å²) in [6.07, 6.45) is -0.638. The Labute approximate surface area is 101 Å². The summed E-state index contributed by atoms with van der Waals surface area (Å²) >= 11 is 3.07. The molecular formula is C10H12BrFN2O2. The molecule has 0 spiro atoms. The van der Waals surface area contributed by atoms with Crippen molar-refractivity contribution in [2.24, 2.45) is 0 Å². The van der Waals surface area contributed by atoms with E-state index in [9.17, 15) is 9.18 Å². The van der Waals surface area contributed by atoms with Crippen LogP contribution in [0.25, 0.3) is 0 Å². The summed E-state index contributed by atoms with van der Waals surface area (Å²) in [6.45, 7) is 1.68. The number of halogens is 2. The molecule has 0 unspecified atom stereocenters. The van der Waals surface area contributed by atoms with Crippen molar-refractivity contribution in [1.29, 1.82) is 0 Å². The Bertz CT molecular complexity index is 410. The van der Waals surface area contributed by atoms with Gasteiger partial charge in [0.2, 0.25) is 0 Å². The van der Waals surface area contributed by atoms with Crippen LogP contribution < -0.4 is 11.1 Å². The van der Waals surface area contributed by atoms with Crippen molar-refractivity contribution in [3.63, 3.8) is 0 Å². The number of rotatable bonds is 3. The lowest BCUT2D eigenvalue weighted by Gasteiger charge is -2.09. The third kappa shape index (κ3) is 3.18. The van der Waals surface area contributed by atoms with Crippen LogP contribution in [0, 0.1) is 5.82 Å². The molecule has 0 aliphatic heterocycles. The lowest BCUT2D eigenvalue weighted by atomic mass is 10.2. The average Bonchev–Trinajstić information content (AvgIpc) is 2.20. The van der Waals surface area contributed by atoms with Gasteiger partial charge in [-0.25, -0.2) is 4.39 Å². The molecule has 0 aromatic heterocycles. The number of nitrogens with one attached hydrogen (secondary N) is 1. The first kappa shape index (κ1) is 12.9. The van der Waals surface area contributed by atoms with Gasteiger partial charge in [-0.3, -0.25) is 4.79 Å². The Kier molecular flexibility index (Phi) is 4.26. The average molecular weight is 291 g/mol. The number of carbonyl (C=O) groups excluding carboxylic acids is 1. The highest BCUT2D eigenvalue weighted by Crippen LogP contribution is 2.22. The van der Waals surface area contributed by atoms with Crippen LogP contribution in [-0.2, 0) is 0 Å². The monoisotopic (exact) mass is 290 g/mol. The molecule has 1 rings (SSSR count). The fraction of sp³-hybridized carbons (Fsp3) is 0.300. The van der Waals surface area contributed by atoms with Crippen molar-refractivity contribution < 1.29 is 14.3 Å². The lowest BCUT2D eigenvalue weighted by Crippen LogP contribution is -2.30. The number of hydrogen-bond donors (Lipinski definition) is 3. The van der Waals surface area contributed by atoms with E-state index < -0.39 is 17.8 Å². The molecule has 88 valence electrons. The van der Waals surface area contributed by atoms with E-state index in [2.05, 4.69) is 21.2 Å². The molecule has 4 N–H and O–H groups in total. The standard InChI is InChI=1S/C10H12BrFN2O2/c1-5(15)4-14-10(16)6-2-9(13)8(12)3-7(6)11/h2-3,5,15H,4,13H2,1H3,(H,14,16)/t5-/m0/s1. The zero-order valence-corrected chi connectivity index (χ0v) is 10.2. The predicted molar refractivity (Wildman–Crippen MR) is 62.5 cm³/mol. The van der Waals surface area contributed by atoms with Gasteiger partial charge in [0.1, 0.15) is 5.82 Å². The third-order valence-corrected chi connectivity index (χ3v) is 2.55. The van der Waals surface area contributed by atoms with E-state index in [0.717, 1.165) is 6.07 Å². The van der Waals surface area contributed by atoms with Gasteiger partial charge in [-0.2, -0.15) is 0 Å². The molecular weight excluding hydrogens is 279 g/mol. The topological polar surface area (TPSA) is 75.3 Å². The SMILES string of the molecule is C[C@H](O)CNC(=O)c1cc(N)c(F)cc1Br. The van der Waals surface area contributed by atoms with Crippen LogP contribution in [0.4, 0.5) is 10.1 Å². The maximum Gasteiger partial charge on any atom is 0.252 e. The molecule has 1 amide bonds. The van der Waals surface area contributed by atoms with E-state index in [-0.39, 0.29) is 17.8 Å². The summed E-state index contributed by atoms with van der Waals surface area (Å²) in [6, 6.07) is 2.38. The van der Waals surface area contributed by atoms with Gasteiger partial charge in [-0.05, 0) is 35.0 Å². The second-order valence-corrected chi connectivity index (χ2v) is 4.27. The molecule has 4 nitrogen and oxygen atoms in total. The number of amides is 1. The van der Waals surface area contributed by atoms with Crippen LogP contribution >= 0.6 is 15.9 Å². The van der Waals surface area contributed by atoms with Gasteiger partial charge in [-0.15, -0.1) is 0 Å². The van der Waals surface area contributed by atoms with Gasteiger partial charge in [0.05, 0.1) is 17.4 Å². The molecule has 6 heteroatoms. The number of anilines is 1. The quantitative estimate of drug-likeness (QED) is 0.734. The van der Waals surface area contributed by atoms with Crippen molar-refractivity contribution in [3.05, 3.63) is 28.0 Å². The lowest BCUT2D eigenvalue weighted by molar-refractivity contribution is 0.0923. The van der Waals surface area contributed by atoms with Crippen molar-refractivity contribution in [3.8, 4) is 0 Å². The van der Waals surface area contributed by atoms with Crippen molar-refractivity contribution in [2.45, 2.75) is 13.0 Å². The first-order valence-electron chi connectivity index (χ1n) is 4.62. The predicted octanol–water partition coefficient (Wildman–Crippen LogP) is 1.28. The highest BCUT2D eigenvalue weighted by atomic mass is 79.9. The van der Waals surface area contributed by atoms with Gasteiger partial charge in [0.15, 0.2) is 0 Å². The Morgan fingerprint density at radius 2 is 2.31 bits per heavy atom. The van der Waals surface area contributed by atoms with Crippen LogP contribution in [0.3, 0.4) is 0 Å². The normalized spacial score (nSPS) is 12.2. The smallest absolute Gasteiger partial charge is 0.252 e. The zero-order valence-electron chi connectivity index (χ0n) is 8.63. The van der Waals surface area contributed by atoms with Crippen LogP contribution in [-0.4, -0.2) is 23.7 Å². The van der Waals surface area contributed by atoms with Gasteiger partial charge in [0.25, 0.3) is 5.91 Å². The molecule has 0 heterocycles. The van der Waals surface area contributed by atoms with E-state index in [1.807, 2.05) is 0 Å². The maximum absolute atomic E-state index is 13.0. The van der Waals surface area contributed by atoms with Crippen molar-refractivity contribution >= 4 is 27.5 Å². The summed E-state index contributed by atoms with van der Waals surface area (Å²) in [5, 5.41) is 11.5. The highest BCUT2D eigenvalue weighted by molar-refractivity contribution is 9.10. The van der Waals surface area contributed by atoms with E-state index in [1.165, 1.54) is 6.07 Å². The van der Waals surface area contributed by atoms with Gasteiger partial charge in [-0.1, -0.05) is 0 Å². The number of carbonyl (C=O) groups is 1. The summed E-state index contributed by atoms with van der Waals surface area (Å²) in [5.74, 6) is -1.00. The molecule has 1 aromatic carbocycles. The molecule has 0 fully saturated rings. The molecule has 0 saturated heterocycles. The van der Waals surface area contributed by atoms with Crippen LogP contribution in [0.5, 0.6) is 0 Å². The molecule has 0 aliphatic rings. The minimum atomic E-state index is -0.638. The van der Waals surface area contributed by atoms with Crippen molar-refractivity contribution in [1.82, 2.24) is 5.32 Å². The molecule has 0 aliphatic carbocycles. The fourth-order valence-electron chi connectivity index (χ4n) is 1.08. The van der Waals surface area contributed by atoms with Crippen LogP contribution in [0.1, 0.15) is 17.3 Å². The second-order valence-electron chi connectivity index (χ2n) is 3.41. The number of hydrogen-bond acceptors (Lipinski definition) is 3. The molecule has 0 radical (unpaired) electrons. The van der Waals surface area contributed by atoms with Crippen molar-refractivity contribution in [2.75, 3.05) is 12.3 Å². The molecule has 16 heavy (non-hydrogen) atoms. The van der Waals surface area contributed by atoms with Gasteiger partial charge >= 0.3 is 0 Å². The van der Waals surface area contributed by atoms with E-state index >= 15 is 0 Å². The number of aliphatic hydroxyl groups is 1. The Hall–Kier alpha value is -1.14. The first-order chi connectivity index (χ1) is 7.41. The Morgan fingerprint density at radius 3 is 2.88 bits per heavy atom. The molecule has 1 aromatic rings. The number of nitrogen functional groups attached to an aromatic ring is 1. The third-order valence-electron chi connectivity index (χ3n) is 1.89. The van der Waals surface area contributed by atoms with Crippen LogP contribution in [0.15, 0.2) is 16.6 Å². The number of nitrogens with two attached hydrogens (primary N) is 1. The molecule has 0 saturated carbocycles. The molecule has 0 bridgehead atoms. The summed E-state index contributed by atoms with van der Waals surface area (Å²) in [5.41, 5.74) is 5.50. The first-order valence-corrected chi connectivity index (χ1v) is 5.42. The summed E-state index contributed by atoms with van der Waals surface area (Å²) < 4.78 is 13.3. The number of aliphatic hydroxyl groups excluding tert-OH is 1. The van der Waals surface area contributed by atoms with E-state index in [0.29, 0.717) is 4.47 Å². The van der Waals surface area contributed by atoms with E-state index in [1.54, 1.807) is 6.92 Å². The summed E-state index contributed by atoms with van der Waals surface area (Å²) in [7, 11) is 0. The minimum absolute atomic E-state index is 0.0922.